The van der Waals surface area contributed by atoms with Crippen molar-refractivity contribution in [1.82, 2.24) is 4.90 Å². The summed E-state index contributed by atoms with van der Waals surface area (Å²) in [5.41, 5.74) is 3.34. The normalized spacial score (nSPS) is 25.2. The van der Waals surface area contributed by atoms with E-state index in [1.54, 1.807) is 0 Å². The molecule has 0 radical (unpaired) electrons. The van der Waals surface area contributed by atoms with Gasteiger partial charge in [-0.2, -0.15) is 0 Å². The molecule has 1 aromatic rings. The fourth-order valence-electron chi connectivity index (χ4n) is 3.98. The highest BCUT2D eigenvalue weighted by atomic mass is 16.2. The van der Waals surface area contributed by atoms with Crippen LogP contribution in [0.5, 0.6) is 0 Å². The molecule has 1 amide bonds. The molecule has 1 aromatic carbocycles. The number of carbonyl (C=O) groups excluding carboxylic acids is 1. The Morgan fingerprint density at radius 3 is 2.43 bits per heavy atom. The molecule has 3 heteroatoms. The molecule has 0 bridgehead atoms. The molecule has 0 aromatic heterocycles. The zero-order chi connectivity index (χ0) is 16.4. The summed E-state index contributed by atoms with van der Waals surface area (Å²) in [4.78, 5) is 17.8. The molecular weight excluding hydrogens is 284 g/mol. The summed E-state index contributed by atoms with van der Waals surface area (Å²) in [5.74, 6) is 0.312. The van der Waals surface area contributed by atoms with Crippen LogP contribution in [0.25, 0.3) is 0 Å². The molecule has 1 unspecified atom stereocenters. The second-order valence-corrected chi connectivity index (χ2v) is 7.26. The molecule has 0 saturated carbocycles. The molecule has 1 atom stereocenters. The summed E-state index contributed by atoms with van der Waals surface area (Å²) in [6.07, 6.45) is 6.48. The van der Waals surface area contributed by atoms with Crippen LogP contribution in [0.3, 0.4) is 0 Å². The summed E-state index contributed by atoms with van der Waals surface area (Å²) in [7, 11) is 0. The van der Waals surface area contributed by atoms with Gasteiger partial charge in [-0.25, -0.2) is 0 Å². The number of allylic oxidation sites excluding steroid dienone is 1. The van der Waals surface area contributed by atoms with E-state index in [1.165, 1.54) is 11.1 Å². The van der Waals surface area contributed by atoms with Gasteiger partial charge in [0.15, 0.2) is 0 Å². The van der Waals surface area contributed by atoms with Crippen molar-refractivity contribution >= 4 is 11.6 Å². The Balaban J connectivity index is 1.86. The number of anilines is 1. The van der Waals surface area contributed by atoms with E-state index < -0.39 is 0 Å². The number of likely N-dealkylation sites (tertiary alicyclic amines) is 1. The number of piperidine rings is 1. The van der Waals surface area contributed by atoms with Gasteiger partial charge in [0.1, 0.15) is 5.54 Å². The maximum Gasteiger partial charge on any atom is 0.247 e. The van der Waals surface area contributed by atoms with E-state index in [-0.39, 0.29) is 5.54 Å². The lowest BCUT2D eigenvalue weighted by atomic mass is 9.85. The number of aryl methyl sites for hydroxylation is 1. The van der Waals surface area contributed by atoms with E-state index >= 15 is 0 Å². The number of rotatable bonds is 3. The van der Waals surface area contributed by atoms with Gasteiger partial charge in [-0.3, -0.25) is 9.69 Å². The zero-order valence-electron chi connectivity index (χ0n) is 14.6. The van der Waals surface area contributed by atoms with E-state index in [2.05, 4.69) is 56.0 Å². The Morgan fingerprint density at radius 1 is 1.13 bits per heavy atom. The van der Waals surface area contributed by atoms with Gasteiger partial charge in [-0.1, -0.05) is 29.3 Å². The van der Waals surface area contributed by atoms with Gasteiger partial charge in [-0.05, 0) is 65.1 Å². The van der Waals surface area contributed by atoms with Crippen molar-refractivity contribution in [3.8, 4) is 0 Å². The molecule has 2 saturated heterocycles. The fourth-order valence-corrected chi connectivity index (χ4v) is 3.98. The fraction of sp³-hybridized carbons (Fsp3) is 0.550. The van der Waals surface area contributed by atoms with E-state index in [4.69, 9.17) is 0 Å². The summed E-state index contributed by atoms with van der Waals surface area (Å²) < 4.78 is 0. The smallest absolute Gasteiger partial charge is 0.247 e. The van der Waals surface area contributed by atoms with E-state index in [9.17, 15) is 4.79 Å². The number of amides is 1. The maximum atomic E-state index is 13.4. The topological polar surface area (TPSA) is 23.6 Å². The number of nitrogens with zero attached hydrogens (tertiary/aromatic N) is 2. The van der Waals surface area contributed by atoms with Crippen LogP contribution < -0.4 is 4.90 Å². The maximum absolute atomic E-state index is 13.4. The van der Waals surface area contributed by atoms with Gasteiger partial charge in [0.25, 0.3) is 0 Å². The van der Waals surface area contributed by atoms with Gasteiger partial charge in [-0.15, -0.1) is 0 Å². The van der Waals surface area contributed by atoms with Crippen LogP contribution >= 0.6 is 0 Å². The summed E-state index contributed by atoms with van der Waals surface area (Å²) in [6.45, 7) is 9.13. The predicted molar refractivity (Wildman–Crippen MR) is 95.7 cm³/mol. The van der Waals surface area contributed by atoms with Crippen molar-refractivity contribution in [1.29, 1.82) is 0 Å². The van der Waals surface area contributed by atoms with E-state index in [0.717, 1.165) is 51.0 Å². The van der Waals surface area contributed by atoms with Crippen molar-refractivity contribution in [3.05, 3.63) is 41.5 Å². The van der Waals surface area contributed by atoms with Crippen LogP contribution in [0.15, 0.2) is 35.9 Å². The molecule has 3 rings (SSSR count). The lowest BCUT2D eigenvalue weighted by Gasteiger charge is -2.44. The third-order valence-corrected chi connectivity index (χ3v) is 5.30. The summed E-state index contributed by atoms with van der Waals surface area (Å²) in [5, 5.41) is 0. The molecule has 0 aliphatic carbocycles. The second-order valence-electron chi connectivity index (χ2n) is 7.26. The third kappa shape index (κ3) is 3.07. The molecule has 2 heterocycles. The minimum atomic E-state index is -0.269. The highest BCUT2D eigenvalue weighted by molar-refractivity contribution is 6.01. The second kappa shape index (κ2) is 6.48. The van der Waals surface area contributed by atoms with Gasteiger partial charge >= 0.3 is 0 Å². The minimum Gasteiger partial charge on any atom is -0.311 e. The SMILES string of the molecule is CC(C)=CCN1CCCC12CCCN(c1ccc(C)cc1)C2=O. The molecule has 1 spiro atoms. The third-order valence-electron chi connectivity index (χ3n) is 5.30. The molecule has 23 heavy (non-hydrogen) atoms. The first kappa shape index (κ1) is 16.3. The predicted octanol–water partition coefficient (Wildman–Crippen LogP) is 3.92. The molecule has 124 valence electrons. The highest BCUT2D eigenvalue weighted by Crippen LogP contribution is 2.39. The first-order valence-corrected chi connectivity index (χ1v) is 8.80. The first-order chi connectivity index (χ1) is 11.0. The van der Waals surface area contributed by atoms with E-state index in [0.29, 0.717) is 5.91 Å². The van der Waals surface area contributed by atoms with E-state index in [1.807, 2.05) is 4.90 Å². The Kier molecular flexibility index (Phi) is 4.58. The molecular formula is C20H28N2O. The molecule has 3 nitrogen and oxygen atoms in total. The largest absolute Gasteiger partial charge is 0.311 e. The van der Waals surface area contributed by atoms with Crippen LogP contribution in [0.2, 0.25) is 0 Å². The highest BCUT2D eigenvalue weighted by Gasteiger charge is 2.50. The zero-order valence-corrected chi connectivity index (χ0v) is 14.6. The first-order valence-electron chi connectivity index (χ1n) is 8.80. The van der Waals surface area contributed by atoms with Crippen LogP contribution in [0, 0.1) is 6.92 Å². The Hall–Kier alpha value is -1.61. The number of carbonyl (C=O) groups is 1. The summed E-state index contributed by atoms with van der Waals surface area (Å²) in [6, 6.07) is 8.36. The number of hydrogen-bond acceptors (Lipinski definition) is 2. The van der Waals surface area contributed by atoms with Crippen LogP contribution in [0.1, 0.15) is 45.1 Å². The number of benzene rings is 1. The lowest BCUT2D eigenvalue weighted by molar-refractivity contribution is -0.131. The average molecular weight is 312 g/mol. The van der Waals surface area contributed by atoms with Crippen LogP contribution in [0.4, 0.5) is 5.69 Å². The lowest BCUT2D eigenvalue weighted by Crippen LogP contribution is -2.60. The molecule has 2 aliphatic heterocycles. The van der Waals surface area contributed by atoms with Crippen LogP contribution in [-0.4, -0.2) is 36.0 Å². The van der Waals surface area contributed by atoms with Gasteiger partial charge < -0.3 is 4.90 Å². The monoisotopic (exact) mass is 312 g/mol. The van der Waals surface area contributed by atoms with Gasteiger partial charge in [0.2, 0.25) is 5.91 Å². The van der Waals surface area contributed by atoms with Gasteiger partial charge in [0, 0.05) is 18.8 Å². The van der Waals surface area contributed by atoms with Crippen molar-refractivity contribution in [2.75, 3.05) is 24.5 Å². The molecule has 0 N–H and O–H groups in total. The standard InChI is InChI=1S/C20H28N2O/c1-16(2)10-15-21-13-4-11-20(21)12-5-14-22(19(20)23)18-8-6-17(3)7-9-18/h6-10H,4-5,11-15H2,1-3H3. The van der Waals surface area contributed by atoms with Crippen LogP contribution in [-0.2, 0) is 4.79 Å². The average Bonchev–Trinajstić information content (AvgIpc) is 2.93. The van der Waals surface area contributed by atoms with Crippen molar-refractivity contribution in [3.63, 3.8) is 0 Å². The van der Waals surface area contributed by atoms with Crippen molar-refractivity contribution in [2.45, 2.75) is 52.0 Å². The molecule has 2 fully saturated rings. The Morgan fingerprint density at radius 2 is 1.78 bits per heavy atom. The Labute approximate surface area is 140 Å². The van der Waals surface area contributed by atoms with Gasteiger partial charge in [0.05, 0.1) is 0 Å². The summed E-state index contributed by atoms with van der Waals surface area (Å²) >= 11 is 0. The molecule has 2 aliphatic rings. The Bertz CT molecular complexity index is 601. The quantitative estimate of drug-likeness (QED) is 0.790. The minimum absolute atomic E-state index is 0.269. The van der Waals surface area contributed by atoms with Crippen molar-refractivity contribution in [2.24, 2.45) is 0 Å². The number of hydrogen-bond donors (Lipinski definition) is 0. The van der Waals surface area contributed by atoms with Crippen molar-refractivity contribution < 1.29 is 4.79 Å².